The monoisotopic (exact) mass is 277 g/mol. The van der Waals surface area contributed by atoms with Crippen LogP contribution in [0.3, 0.4) is 0 Å². The molecule has 0 radical (unpaired) electrons. The number of benzene rings is 2. The standard InChI is InChI=1S/C15H11N5O/c16-8-11(15(17)18)20-19-10-5-3-7-13-14(10)9-4-1-2-6-12(9)21-13/h1-7,19H,(H3,17,18)/b20-11+. The number of nitrogens with two attached hydrogens (primary N) is 1. The molecule has 6 heteroatoms. The van der Waals surface area contributed by atoms with E-state index in [2.05, 4.69) is 10.5 Å². The lowest BCUT2D eigenvalue weighted by molar-refractivity contribution is 0.669. The van der Waals surface area contributed by atoms with Crippen LogP contribution in [0.25, 0.3) is 21.9 Å². The Kier molecular flexibility index (Phi) is 3.01. The van der Waals surface area contributed by atoms with Gasteiger partial charge in [-0.25, -0.2) is 0 Å². The topological polar surface area (TPSA) is 111 Å². The molecule has 0 saturated carbocycles. The van der Waals surface area contributed by atoms with E-state index in [0.29, 0.717) is 5.69 Å². The Labute approximate surface area is 120 Å². The fourth-order valence-electron chi connectivity index (χ4n) is 2.13. The van der Waals surface area contributed by atoms with Crippen LogP contribution in [0.5, 0.6) is 0 Å². The Morgan fingerprint density at radius 3 is 2.71 bits per heavy atom. The number of fused-ring (bicyclic) bond motifs is 3. The summed E-state index contributed by atoms with van der Waals surface area (Å²) in [6, 6.07) is 14.9. The van der Waals surface area contributed by atoms with Crippen LogP contribution in [0.15, 0.2) is 52.0 Å². The SMILES string of the molecule is N#C/C(=N\Nc1cccc2oc3ccccc3c12)C(=N)N. The Balaban J connectivity index is 2.15. The maximum atomic E-state index is 8.86. The van der Waals surface area contributed by atoms with E-state index in [-0.39, 0.29) is 11.5 Å². The number of rotatable bonds is 3. The normalized spacial score (nSPS) is 11.5. The quantitative estimate of drug-likeness (QED) is 0.388. The highest BCUT2D eigenvalue weighted by molar-refractivity contribution is 6.45. The molecule has 2 aromatic carbocycles. The van der Waals surface area contributed by atoms with E-state index in [0.717, 1.165) is 21.9 Å². The molecule has 0 unspecified atom stereocenters. The van der Waals surface area contributed by atoms with E-state index in [4.69, 9.17) is 20.8 Å². The summed E-state index contributed by atoms with van der Waals surface area (Å²) in [4.78, 5) is 0. The van der Waals surface area contributed by atoms with Gasteiger partial charge in [0.2, 0.25) is 5.71 Å². The summed E-state index contributed by atoms with van der Waals surface area (Å²) in [6.45, 7) is 0. The van der Waals surface area contributed by atoms with E-state index < -0.39 is 0 Å². The van der Waals surface area contributed by atoms with Crippen LogP contribution >= 0.6 is 0 Å². The second-order valence-electron chi connectivity index (χ2n) is 4.37. The molecule has 0 aliphatic rings. The minimum absolute atomic E-state index is 0.167. The second kappa shape index (κ2) is 4.98. The van der Waals surface area contributed by atoms with Crippen molar-refractivity contribution < 1.29 is 4.42 Å². The molecule has 3 rings (SSSR count). The van der Waals surface area contributed by atoms with Crippen molar-refractivity contribution in [2.75, 3.05) is 5.43 Å². The van der Waals surface area contributed by atoms with Gasteiger partial charge in [0, 0.05) is 5.39 Å². The predicted molar refractivity (Wildman–Crippen MR) is 82.3 cm³/mol. The van der Waals surface area contributed by atoms with Crippen molar-refractivity contribution in [2.24, 2.45) is 10.8 Å². The number of hydrazone groups is 1. The summed E-state index contributed by atoms with van der Waals surface area (Å²) >= 11 is 0. The molecule has 1 aromatic heterocycles. The van der Waals surface area contributed by atoms with Gasteiger partial charge in [-0.15, -0.1) is 0 Å². The van der Waals surface area contributed by atoms with Gasteiger partial charge in [0.05, 0.1) is 11.1 Å². The number of hydrogen-bond acceptors (Lipinski definition) is 5. The van der Waals surface area contributed by atoms with Crippen molar-refractivity contribution in [3.63, 3.8) is 0 Å². The largest absolute Gasteiger partial charge is 0.456 e. The minimum atomic E-state index is -0.380. The van der Waals surface area contributed by atoms with Crippen molar-refractivity contribution in [1.82, 2.24) is 0 Å². The molecular formula is C15H11N5O. The highest BCUT2D eigenvalue weighted by Crippen LogP contribution is 2.33. The van der Waals surface area contributed by atoms with E-state index in [1.165, 1.54) is 0 Å². The Hall–Kier alpha value is -3.33. The third-order valence-corrected chi connectivity index (χ3v) is 3.05. The van der Waals surface area contributed by atoms with Crippen LogP contribution < -0.4 is 11.2 Å². The molecule has 21 heavy (non-hydrogen) atoms. The van der Waals surface area contributed by atoms with Crippen LogP contribution in [0.1, 0.15) is 0 Å². The average molecular weight is 277 g/mol. The van der Waals surface area contributed by atoms with Crippen LogP contribution in [0.4, 0.5) is 5.69 Å². The van der Waals surface area contributed by atoms with Gasteiger partial charge in [-0.1, -0.05) is 24.3 Å². The average Bonchev–Trinajstić information content (AvgIpc) is 2.86. The zero-order valence-corrected chi connectivity index (χ0v) is 10.9. The summed E-state index contributed by atoms with van der Waals surface area (Å²) in [5.41, 5.74) is 10.1. The van der Waals surface area contributed by atoms with Gasteiger partial charge in [-0.2, -0.15) is 10.4 Å². The summed E-state index contributed by atoms with van der Waals surface area (Å²) < 4.78 is 5.75. The summed E-state index contributed by atoms with van der Waals surface area (Å²) in [7, 11) is 0. The van der Waals surface area contributed by atoms with Crippen LogP contribution in [-0.4, -0.2) is 11.5 Å². The van der Waals surface area contributed by atoms with E-state index >= 15 is 0 Å². The first kappa shape index (κ1) is 12.7. The molecule has 4 N–H and O–H groups in total. The van der Waals surface area contributed by atoms with Gasteiger partial charge in [0.15, 0.2) is 5.84 Å². The molecule has 1 heterocycles. The molecule has 3 aromatic rings. The molecule has 0 saturated heterocycles. The molecule has 0 aliphatic carbocycles. The number of nitriles is 1. The highest BCUT2D eigenvalue weighted by Gasteiger charge is 2.10. The lowest BCUT2D eigenvalue weighted by Gasteiger charge is -2.02. The van der Waals surface area contributed by atoms with E-state index in [1.807, 2.05) is 42.5 Å². The van der Waals surface area contributed by atoms with Gasteiger partial charge in [0.1, 0.15) is 17.2 Å². The molecule has 0 bridgehead atoms. The van der Waals surface area contributed by atoms with Gasteiger partial charge in [-0.05, 0) is 18.2 Å². The zero-order valence-electron chi connectivity index (χ0n) is 10.9. The highest BCUT2D eigenvalue weighted by atomic mass is 16.3. The maximum Gasteiger partial charge on any atom is 0.201 e. The van der Waals surface area contributed by atoms with Crippen molar-refractivity contribution in [1.29, 1.82) is 10.7 Å². The van der Waals surface area contributed by atoms with Crippen molar-refractivity contribution in [2.45, 2.75) is 0 Å². The number of para-hydroxylation sites is 1. The maximum absolute atomic E-state index is 8.86. The first-order chi connectivity index (χ1) is 10.2. The smallest absolute Gasteiger partial charge is 0.201 e. The lowest BCUT2D eigenvalue weighted by Crippen LogP contribution is -2.21. The van der Waals surface area contributed by atoms with Crippen molar-refractivity contribution in [3.8, 4) is 6.07 Å². The molecule has 102 valence electrons. The second-order valence-corrected chi connectivity index (χ2v) is 4.37. The Morgan fingerprint density at radius 1 is 1.19 bits per heavy atom. The Morgan fingerprint density at radius 2 is 1.95 bits per heavy atom. The lowest BCUT2D eigenvalue weighted by atomic mass is 10.1. The molecule has 0 amide bonds. The molecule has 0 spiro atoms. The summed E-state index contributed by atoms with van der Waals surface area (Å²) in [6.07, 6.45) is 0. The van der Waals surface area contributed by atoms with Gasteiger partial charge < -0.3 is 10.2 Å². The van der Waals surface area contributed by atoms with Gasteiger partial charge in [0.25, 0.3) is 0 Å². The Bertz CT molecular complexity index is 917. The van der Waals surface area contributed by atoms with E-state index in [1.54, 1.807) is 6.07 Å². The number of nitrogens with zero attached hydrogens (tertiary/aromatic N) is 2. The number of nitrogens with one attached hydrogen (secondary N) is 2. The third kappa shape index (κ3) is 2.17. The third-order valence-electron chi connectivity index (χ3n) is 3.05. The first-order valence-corrected chi connectivity index (χ1v) is 6.19. The molecule has 0 fully saturated rings. The summed E-state index contributed by atoms with van der Waals surface area (Å²) in [5, 5.41) is 21.8. The summed E-state index contributed by atoms with van der Waals surface area (Å²) in [5.74, 6) is -0.380. The zero-order chi connectivity index (χ0) is 14.8. The fourth-order valence-corrected chi connectivity index (χ4v) is 2.13. The van der Waals surface area contributed by atoms with Gasteiger partial charge in [-0.3, -0.25) is 10.8 Å². The number of amidine groups is 1. The predicted octanol–water partition coefficient (Wildman–Crippen LogP) is 2.81. The fraction of sp³-hybridized carbons (Fsp3) is 0. The molecule has 6 nitrogen and oxygen atoms in total. The number of hydrogen-bond donors (Lipinski definition) is 3. The molecular weight excluding hydrogens is 266 g/mol. The minimum Gasteiger partial charge on any atom is -0.456 e. The number of anilines is 1. The van der Waals surface area contributed by atoms with Crippen molar-refractivity contribution >= 4 is 39.2 Å². The van der Waals surface area contributed by atoms with Crippen LogP contribution in [0.2, 0.25) is 0 Å². The van der Waals surface area contributed by atoms with Gasteiger partial charge >= 0.3 is 0 Å². The van der Waals surface area contributed by atoms with E-state index in [9.17, 15) is 0 Å². The molecule has 0 atom stereocenters. The first-order valence-electron chi connectivity index (χ1n) is 6.19. The van der Waals surface area contributed by atoms with Crippen LogP contribution in [-0.2, 0) is 0 Å². The van der Waals surface area contributed by atoms with Crippen LogP contribution in [0, 0.1) is 16.7 Å². The van der Waals surface area contributed by atoms with Crippen molar-refractivity contribution in [3.05, 3.63) is 42.5 Å². The number of furan rings is 1. The molecule has 0 aliphatic heterocycles.